The van der Waals surface area contributed by atoms with E-state index in [0.717, 1.165) is 0 Å². The fourth-order valence-corrected chi connectivity index (χ4v) is 3.35. The Morgan fingerprint density at radius 2 is 1.75 bits per heavy atom. The van der Waals surface area contributed by atoms with E-state index in [-0.39, 0.29) is 17.1 Å². The van der Waals surface area contributed by atoms with Crippen LogP contribution in [0.4, 0.5) is 5.69 Å². The van der Waals surface area contributed by atoms with Crippen LogP contribution in [0.1, 0.15) is 33.4 Å². The van der Waals surface area contributed by atoms with Crippen LogP contribution >= 0.6 is 11.6 Å². The molecule has 0 unspecified atom stereocenters. The maximum Gasteiger partial charge on any atom is 0.312 e. The number of nitrogens with zero attached hydrogens (tertiary/aromatic N) is 3. The molecule has 1 heterocycles. The maximum absolute atomic E-state index is 12.9. The highest BCUT2D eigenvalue weighted by molar-refractivity contribution is 6.30. The van der Waals surface area contributed by atoms with Crippen molar-refractivity contribution in [2.45, 2.75) is 26.0 Å². The van der Waals surface area contributed by atoms with Crippen LogP contribution in [0.5, 0.6) is 0 Å². The Kier molecular flexibility index (Phi) is 5.58. The highest BCUT2D eigenvalue weighted by atomic mass is 35.5. The monoisotopic (exact) mass is 399 g/mol. The van der Waals surface area contributed by atoms with Gasteiger partial charge in [0.1, 0.15) is 23.5 Å². The first kappa shape index (κ1) is 19.7. The minimum absolute atomic E-state index is 0.140. The smallest absolute Gasteiger partial charge is 0.312 e. The van der Waals surface area contributed by atoms with Crippen molar-refractivity contribution < 1.29 is 14.8 Å². The molecular formula is C20H18ClN3O4. The zero-order chi connectivity index (χ0) is 20.4. The molecule has 1 N–H and O–H groups in total. The molecular weight excluding hydrogens is 382 g/mol. The number of aryl methyl sites for hydroxylation is 1. The molecule has 0 bridgehead atoms. The van der Waals surface area contributed by atoms with Gasteiger partial charge in [-0.15, -0.1) is 0 Å². The van der Waals surface area contributed by atoms with Crippen LogP contribution in [0.25, 0.3) is 0 Å². The van der Waals surface area contributed by atoms with Crippen LogP contribution in [0.15, 0.2) is 54.6 Å². The van der Waals surface area contributed by atoms with Crippen LogP contribution in [-0.2, 0) is 0 Å². The fourth-order valence-electron chi connectivity index (χ4n) is 3.22. The lowest BCUT2D eigenvalue weighted by Crippen LogP contribution is -2.34. The van der Waals surface area contributed by atoms with Gasteiger partial charge in [0.05, 0.1) is 4.92 Å². The molecule has 144 valence electrons. The van der Waals surface area contributed by atoms with E-state index in [1.54, 1.807) is 61.5 Å². The van der Waals surface area contributed by atoms with Crippen LogP contribution in [0, 0.1) is 24.0 Å². The van der Waals surface area contributed by atoms with Crippen LogP contribution in [0.2, 0.25) is 5.02 Å². The Bertz CT molecular complexity index is 1020. The number of carbonyl (C=O) groups is 1. The predicted octanol–water partition coefficient (Wildman–Crippen LogP) is 3.89. The summed E-state index contributed by atoms with van der Waals surface area (Å²) in [5.74, 6) is -0.504. The third kappa shape index (κ3) is 3.67. The Morgan fingerprint density at radius 3 is 2.29 bits per heavy atom. The second-order valence-electron chi connectivity index (χ2n) is 6.39. The van der Waals surface area contributed by atoms with Crippen molar-refractivity contribution in [2.24, 2.45) is 0 Å². The number of halogens is 1. The second kappa shape index (κ2) is 7.92. The molecule has 0 fully saturated rings. The summed E-state index contributed by atoms with van der Waals surface area (Å²) in [5.41, 5.74) is 1.22. The lowest BCUT2D eigenvalue weighted by atomic mass is 9.95. The molecule has 3 aromatic rings. The van der Waals surface area contributed by atoms with Crippen molar-refractivity contribution in [3.8, 4) is 0 Å². The number of benzene rings is 2. The standard InChI is InChI=1S/C20H18ClN3O4/c1-12-17(24(27)28)13(2)23(22-12)18(14-8-10-16(21)11-9-14)20(26)19(25)15-6-4-3-5-7-15/h3-11,18,20,26H,1-2H3/t18-,20-/m0/s1. The van der Waals surface area contributed by atoms with E-state index in [2.05, 4.69) is 5.10 Å². The van der Waals surface area contributed by atoms with Gasteiger partial charge < -0.3 is 5.11 Å². The maximum atomic E-state index is 12.9. The third-order valence-corrected chi connectivity index (χ3v) is 4.82. The lowest BCUT2D eigenvalue weighted by molar-refractivity contribution is -0.386. The zero-order valence-corrected chi connectivity index (χ0v) is 16.0. The van der Waals surface area contributed by atoms with Crippen LogP contribution < -0.4 is 0 Å². The average molecular weight is 400 g/mol. The van der Waals surface area contributed by atoms with Gasteiger partial charge in [-0.25, -0.2) is 0 Å². The molecule has 0 saturated heterocycles. The third-order valence-electron chi connectivity index (χ3n) is 4.57. The largest absolute Gasteiger partial charge is 0.382 e. The number of ketones is 1. The van der Waals surface area contributed by atoms with Gasteiger partial charge in [0.2, 0.25) is 0 Å². The molecule has 0 radical (unpaired) electrons. The Hall–Kier alpha value is -3.03. The molecule has 8 heteroatoms. The van der Waals surface area contributed by atoms with Gasteiger partial charge in [0.15, 0.2) is 5.78 Å². The number of nitro groups is 1. The van der Waals surface area contributed by atoms with E-state index in [1.807, 2.05) is 0 Å². The van der Waals surface area contributed by atoms with E-state index < -0.39 is 22.9 Å². The van der Waals surface area contributed by atoms with Crippen molar-refractivity contribution in [1.82, 2.24) is 9.78 Å². The Balaban J connectivity index is 2.14. The number of aliphatic hydroxyl groups is 1. The van der Waals surface area contributed by atoms with Gasteiger partial charge in [-0.2, -0.15) is 5.10 Å². The normalized spacial score (nSPS) is 13.1. The van der Waals surface area contributed by atoms with Gasteiger partial charge in [-0.05, 0) is 31.5 Å². The van der Waals surface area contributed by atoms with E-state index in [0.29, 0.717) is 16.1 Å². The molecule has 0 aliphatic carbocycles. The van der Waals surface area contributed by atoms with Crippen molar-refractivity contribution >= 4 is 23.1 Å². The fraction of sp³-hybridized carbons (Fsp3) is 0.200. The quantitative estimate of drug-likeness (QED) is 0.385. The highest BCUT2D eigenvalue weighted by Crippen LogP contribution is 2.31. The first-order valence-electron chi connectivity index (χ1n) is 8.54. The number of aliphatic hydroxyl groups excluding tert-OH is 1. The molecule has 7 nitrogen and oxygen atoms in total. The number of hydrogen-bond acceptors (Lipinski definition) is 5. The van der Waals surface area contributed by atoms with Crippen molar-refractivity contribution in [3.63, 3.8) is 0 Å². The number of Topliss-reactive ketones (excluding diaryl/α,β-unsaturated/α-hetero) is 1. The molecule has 3 rings (SSSR count). The molecule has 0 saturated carbocycles. The summed E-state index contributed by atoms with van der Waals surface area (Å²) in [6.07, 6.45) is -1.50. The molecule has 0 aliphatic rings. The molecule has 2 aromatic carbocycles. The van der Waals surface area contributed by atoms with Gasteiger partial charge in [-0.1, -0.05) is 54.1 Å². The number of aromatic nitrogens is 2. The first-order chi connectivity index (χ1) is 13.3. The zero-order valence-electron chi connectivity index (χ0n) is 15.2. The number of hydrogen-bond donors (Lipinski definition) is 1. The van der Waals surface area contributed by atoms with E-state index in [9.17, 15) is 20.0 Å². The summed E-state index contributed by atoms with van der Waals surface area (Å²) in [6, 6.07) is 14.0. The van der Waals surface area contributed by atoms with Gasteiger partial charge in [-0.3, -0.25) is 19.6 Å². The molecule has 1 aromatic heterocycles. The highest BCUT2D eigenvalue weighted by Gasteiger charge is 2.34. The summed E-state index contributed by atoms with van der Waals surface area (Å²) >= 11 is 5.96. The van der Waals surface area contributed by atoms with Crippen molar-refractivity contribution in [1.29, 1.82) is 0 Å². The molecule has 0 amide bonds. The first-order valence-corrected chi connectivity index (χ1v) is 8.92. The molecule has 28 heavy (non-hydrogen) atoms. The molecule has 2 atom stereocenters. The molecule has 0 spiro atoms. The van der Waals surface area contributed by atoms with Gasteiger partial charge >= 0.3 is 5.69 Å². The minimum Gasteiger partial charge on any atom is -0.382 e. The number of carbonyl (C=O) groups excluding carboxylic acids is 1. The van der Waals surface area contributed by atoms with Crippen molar-refractivity contribution in [3.05, 3.63) is 92.2 Å². The Labute approximate surface area is 166 Å². The van der Waals surface area contributed by atoms with Crippen LogP contribution in [0.3, 0.4) is 0 Å². The summed E-state index contributed by atoms with van der Waals surface area (Å²) in [4.78, 5) is 23.8. The predicted molar refractivity (Wildman–Crippen MR) is 105 cm³/mol. The summed E-state index contributed by atoms with van der Waals surface area (Å²) < 4.78 is 1.34. The minimum atomic E-state index is -1.50. The summed E-state index contributed by atoms with van der Waals surface area (Å²) in [7, 11) is 0. The summed E-state index contributed by atoms with van der Waals surface area (Å²) in [6.45, 7) is 3.06. The number of rotatable bonds is 6. The van der Waals surface area contributed by atoms with E-state index in [1.165, 1.54) is 11.6 Å². The van der Waals surface area contributed by atoms with Gasteiger partial charge in [0.25, 0.3) is 0 Å². The van der Waals surface area contributed by atoms with Crippen molar-refractivity contribution in [2.75, 3.05) is 0 Å². The van der Waals surface area contributed by atoms with E-state index >= 15 is 0 Å². The SMILES string of the molecule is Cc1nn([C@@H](c2ccc(Cl)cc2)[C@H](O)C(=O)c2ccccc2)c(C)c1[N+](=O)[O-]. The summed E-state index contributed by atoms with van der Waals surface area (Å²) in [5, 5.41) is 27.1. The average Bonchev–Trinajstić information content (AvgIpc) is 2.97. The molecule has 0 aliphatic heterocycles. The lowest BCUT2D eigenvalue weighted by Gasteiger charge is -2.24. The topological polar surface area (TPSA) is 98.3 Å². The van der Waals surface area contributed by atoms with Gasteiger partial charge in [0, 0.05) is 10.6 Å². The van der Waals surface area contributed by atoms with Crippen LogP contribution in [-0.4, -0.2) is 31.7 Å². The Morgan fingerprint density at radius 1 is 1.14 bits per heavy atom. The van der Waals surface area contributed by atoms with E-state index in [4.69, 9.17) is 11.6 Å². The second-order valence-corrected chi connectivity index (χ2v) is 6.83.